The fraction of sp³-hybridized carbons (Fsp3) is 0.625. The summed E-state index contributed by atoms with van der Waals surface area (Å²) in [7, 11) is -2.84. The van der Waals surface area contributed by atoms with Crippen LogP contribution in [0.2, 0.25) is 5.54 Å². The van der Waals surface area contributed by atoms with Crippen LogP contribution in [0.1, 0.15) is 33.3 Å². The molecule has 0 aliphatic carbocycles. The molecule has 118 valence electrons. The molecule has 1 aliphatic rings. The van der Waals surface area contributed by atoms with E-state index in [0.717, 1.165) is 11.3 Å². The largest absolute Gasteiger partial charge is 0.574 e. The van der Waals surface area contributed by atoms with Crippen molar-refractivity contribution in [3.63, 3.8) is 0 Å². The third kappa shape index (κ3) is 4.07. The summed E-state index contributed by atoms with van der Waals surface area (Å²) in [5.41, 5.74) is 1.30. The number of ether oxygens (including phenoxy) is 1. The molecule has 0 amide bonds. The van der Waals surface area contributed by atoms with Crippen molar-refractivity contribution in [2.75, 3.05) is 13.2 Å². The van der Waals surface area contributed by atoms with E-state index in [1.54, 1.807) is 0 Å². The molecule has 0 spiro atoms. The van der Waals surface area contributed by atoms with Gasteiger partial charge in [0.15, 0.2) is 0 Å². The third-order valence-electron chi connectivity index (χ3n) is 3.28. The van der Waals surface area contributed by atoms with Crippen molar-refractivity contribution in [1.82, 2.24) is 0 Å². The second-order valence-electron chi connectivity index (χ2n) is 6.04. The SMILES string of the molecule is Cc1ccccc1O[Si](OC(C)C)(OC(C)C)C1COC1. The summed E-state index contributed by atoms with van der Waals surface area (Å²) in [6.07, 6.45) is 0.111. The van der Waals surface area contributed by atoms with Gasteiger partial charge in [0, 0.05) is 12.2 Å². The standard InChI is InChI=1S/C16H26O4Si/c1-12(2)18-21(19-13(3)4,15-10-17-11-15)20-16-9-7-6-8-14(16)5/h6-9,12-13,15H,10-11H2,1-5H3. The molecule has 0 aromatic heterocycles. The average molecular weight is 310 g/mol. The fourth-order valence-corrected chi connectivity index (χ4v) is 5.47. The van der Waals surface area contributed by atoms with Crippen LogP contribution in [0.3, 0.4) is 0 Å². The van der Waals surface area contributed by atoms with Crippen LogP contribution in [0.5, 0.6) is 5.75 Å². The number of benzene rings is 1. The summed E-state index contributed by atoms with van der Waals surface area (Å²) in [5.74, 6) is 0.845. The number of rotatable bonds is 7. The number of hydrogen-bond acceptors (Lipinski definition) is 4. The Morgan fingerprint density at radius 1 is 1.05 bits per heavy atom. The van der Waals surface area contributed by atoms with Gasteiger partial charge in [0.05, 0.1) is 18.8 Å². The van der Waals surface area contributed by atoms with Gasteiger partial charge in [-0.2, -0.15) is 0 Å². The highest BCUT2D eigenvalue weighted by Gasteiger charge is 2.56. The minimum absolute atomic E-state index is 0.0556. The number of para-hydroxylation sites is 1. The molecule has 1 heterocycles. The van der Waals surface area contributed by atoms with Gasteiger partial charge in [-0.3, -0.25) is 0 Å². The van der Waals surface area contributed by atoms with Gasteiger partial charge in [-0.05, 0) is 46.2 Å². The fourth-order valence-electron chi connectivity index (χ4n) is 2.27. The monoisotopic (exact) mass is 310 g/mol. The highest BCUT2D eigenvalue weighted by molar-refractivity contribution is 6.63. The Hall–Kier alpha value is -0.883. The lowest BCUT2D eigenvalue weighted by atomic mass is 10.2. The van der Waals surface area contributed by atoms with Crippen molar-refractivity contribution < 1.29 is 18.0 Å². The first-order chi connectivity index (χ1) is 9.93. The Bertz CT molecular complexity index is 447. The molecule has 0 atom stereocenters. The van der Waals surface area contributed by atoms with Crippen molar-refractivity contribution in [3.8, 4) is 5.75 Å². The summed E-state index contributed by atoms with van der Waals surface area (Å²) in [6, 6.07) is 7.99. The van der Waals surface area contributed by atoms with E-state index in [4.69, 9.17) is 18.0 Å². The number of hydrogen-bond donors (Lipinski definition) is 0. The predicted molar refractivity (Wildman–Crippen MR) is 84.6 cm³/mol. The Kier molecular flexibility index (Phi) is 5.43. The van der Waals surface area contributed by atoms with Gasteiger partial charge in [0.1, 0.15) is 5.75 Å². The smallest absolute Gasteiger partial charge is 0.500 e. The zero-order valence-corrected chi connectivity index (χ0v) is 14.6. The van der Waals surface area contributed by atoms with Crippen LogP contribution in [0.4, 0.5) is 0 Å². The molecule has 0 radical (unpaired) electrons. The molecular formula is C16H26O4Si. The van der Waals surface area contributed by atoms with E-state index in [-0.39, 0.29) is 17.7 Å². The van der Waals surface area contributed by atoms with Gasteiger partial charge in [0.2, 0.25) is 0 Å². The van der Waals surface area contributed by atoms with Crippen LogP contribution in [0, 0.1) is 6.92 Å². The quantitative estimate of drug-likeness (QED) is 0.722. The molecule has 1 aromatic rings. The Labute approximate surface area is 128 Å². The van der Waals surface area contributed by atoms with E-state index in [1.807, 2.05) is 58.9 Å². The second kappa shape index (κ2) is 6.92. The first-order valence-electron chi connectivity index (χ1n) is 7.61. The molecule has 1 saturated heterocycles. The minimum atomic E-state index is -2.84. The molecule has 4 nitrogen and oxygen atoms in total. The van der Waals surface area contributed by atoms with E-state index in [1.165, 1.54) is 0 Å². The van der Waals surface area contributed by atoms with E-state index >= 15 is 0 Å². The summed E-state index contributed by atoms with van der Waals surface area (Å²) in [6.45, 7) is 11.4. The molecular weight excluding hydrogens is 284 g/mol. The van der Waals surface area contributed by atoms with Crippen molar-refractivity contribution in [2.45, 2.75) is 52.4 Å². The van der Waals surface area contributed by atoms with Crippen molar-refractivity contribution in [1.29, 1.82) is 0 Å². The van der Waals surface area contributed by atoms with Crippen LogP contribution in [0.15, 0.2) is 24.3 Å². The first-order valence-corrected chi connectivity index (χ1v) is 9.41. The normalized spacial score (nSPS) is 16.3. The maximum Gasteiger partial charge on any atom is 0.574 e. The molecule has 0 N–H and O–H groups in total. The van der Waals surface area contributed by atoms with Gasteiger partial charge in [-0.25, -0.2) is 0 Å². The van der Waals surface area contributed by atoms with Gasteiger partial charge in [0.25, 0.3) is 0 Å². The van der Waals surface area contributed by atoms with E-state index in [2.05, 4.69) is 0 Å². The molecule has 0 unspecified atom stereocenters. The van der Waals surface area contributed by atoms with Crippen molar-refractivity contribution in [2.24, 2.45) is 0 Å². The molecule has 1 fully saturated rings. The maximum absolute atomic E-state index is 6.37. The zero-order chi connectivity index (χ0) is 15.5. The first kappa shape index (κ1) is 16.5. The van der Waals surface area contributed by atoms with Crippen LogP contribution >= 0.6 is 0 Å². The molecule has 0 bridgehead atoms. The van der Waals surface area contributed by atoms with Gasteiger partial charge in [-0.15, -0.1) is 0 Å². The Morgan fingerprint density at radius 2 is 1.62 bits per heavy atom. The van der Waals surface area contributed by atoms with Gasteiger partial charge >= 0.3 is 8.80 Å². The summed E-state index contributed by atoms with van der Waals surface area (Å²) < 4.78 is 24.2. The van der Waals surface area contributed by atoms with E-state index in [9.17, 15) is 0 Å². The molecule has 1 aliphatic heterocycles. The maximum atomic E-state index is 6.37. The summed E-state index contributed by atoms with van der Waals surface area (Å²) in [4.78, 5) is 0. The second-order valence-corrected chi connectivity index (χ2v) is 8.74. The number of aryl methyl sites for hydroxylation is 1. The molecule has 5 heteroatoms. The zero-order valence-electron chi connectivity index (χ0n) is 13.6. The van der Waals surface area contributed by atoms with Crippen LogP contribution in [-0.2, 0) is 13.6 Å². The van der Waals surface area contributed by atoms with E-state index in [0.29, 0.717) is 13.2 Å². The lowest BCUT2D eigenvalue weighted by Gasteiger charge is -2.41. The molecule has 21 heavy (non-hydrogen) atoms. The van der Waals surface area contributed by atoms with Gasteiger partial charge < -0.3 is 18.0 Å². The molecule has 1 aromatic carbocycles. The van der Waals surface area contributed by atoms with Crippen LogP contribution < -0.4 is 4.43 Å². The Morgan fingerprint density at radius 3 is 2.05 bits per heavy atom. The lowest BCUT2D eigenvalue weighted by Crippen LogP contribution is -2.60. The van der Waals surface area contributed by atoms with Crippen LogP contribution in [-0.4, -0.2) is 34.2 Å². The highest BCUT2D eigenvalue weighted by atomic mass is 28.4. The minimum Gasteiger partial charge on any atom is -0.500 e. The van der Waals surface area contributed by atoms with Crippen LogP contribution in [0.25, 0.3) is 0 Å². The van der Waals surface area contributed by atoms with Crippen molar-refractivity contribution >= 4 is 8.80 Å². The summed E-state index contributed by atoms with van der Waals surface area (Å²) in [5, 5.41) is 0. The highest BCUT2D eigenvalue weighted by Crippen LogP contribution is 2.36. The molecule has 2 rings (SSSR count). The Balaban J connectivity index is 2.30. The van der Waals surface area contributed by atoms with Gasteiger partial charge in [-0.1, -0.05) is 18.2 Å². The average Bonchev–Trinajstić information content (AvgIpc) is 2.27. The predicted octanol–water partition coefficient (Wildman–Crippen LogP) is 3.56. The van der Waals surface area contributed by atoms with E-state index < -0.39 is 8.80 Å². The summed E-state index contributed by atoms with van der Waals surface area (Å²) >= 11 is 0. The third-order valence-corrected chi connectivity index (χ3v) is 6.72. The topological polar surface area (TPSA) is 36.9 Å². The lowest BCUT2D eigenvalue weighted by molar-refractivity contribution is -0.0292. The molecule has 0 saturated carbocycles. The van der Waals surface area contributed by atoms with Crippen molar-refractivity contribution in [3.05, 3.63) is 29.8 Å².